The van der Waals surface area contributed by atoms with Crippen LogP contribution in [0.3, 0.4) is 0 Å². The Morgan fingerprint density at radius 2 is 1.97 bits per heavy atom. The Hall–Kier alpha value is -2.71. The van der Waals surface area contributed by atoms with Crippen LogP contribution in [-0.4, -0.2) is 32.2 Å². The quantitative estimate of drug-likeness (QED) is 0.298. The van der Waals surface area contributed by atoms with Gasteiger partial charge >= 0.3 is 0 Å². The molecule has 0 fully saturated rings. The van der Waals surface area contributed by atoms with Crippen LogP contribution in [0, 0.1) is 0 Å². The molecule has 0 aliphatic carbocycles. The number of amides is 1. The molecule has 3 aromatic heterocycles. The SMILES string of the molecule is CC[C@H](C)NC(=O)CSc1nc2c(sc3ncccc32)c(=O)n1C[C@@H](C)c1ccccc1. The first-order valence-corrected chi connectivity index (χ1v) is 12.5. The monoisotopic (exact) mass is 466 g/mol. The lowest BCUT2D eigenvalue weighted by atomic mass is 10.0. The summed E-state index contributed by atoms with van der Waals surface area (Å²) in [6.07, 6.45) is 2.59. The van der Waals surface area contributed by atoms with Gasteiger partial charge in [-0.1, -0.05) is 55.9 Å². The lowest BCUT2D eigenvalue weighted by molar-refractivity contribution is -0.119. The van der Waals surface area contributed by atoms with Crippen molar-refractivity contribution in [2.45, 2.75) is 50.9 Å². The summed E-state index contributed by atoms with van der Waals surface area (Å²) in [6, 6.07) is 14.0. The summed E-state index contributed by atoms with van der Waals surface area (Å²) in [6.45, 7) is 6.60. The fourth-order valence-electron chi connectivity index (χ4n) is 3.52. The van der Waals surface area contributed by atoms with Crippen molar-refractivity contribution < 1.29 is 4.79 Å². The molecule has 3 heterocycles. The lowest BCUT2D eigenvalue weighted by Crippen LogP contribution is -2.33. The van der Waals surface area contributed by atoms with Crippen molar-refractivity contribution in [1.82, 2.24) is 19.9 Å². The molecule has 0 aliphatic heterocycles. The van der Waals surface area contributed by atoms with Crippen molar-refractivity contribution in [1.29, 1.82) is 0 Å². The van der Waals surface area contributed by atoms with Gasteiger partial charge in [0, 0.05) is 24.2 Å². The Balaban J connectivity index is 1.74. The molecule has 6 nitrogen and oxygen atoms in total. The highest BCUT2D eigenvalue weighted by Gasteiger charge is 2.20. The van der Waals surface area contributed by atoms with Crippen LogP contribution in [0.5, 0.6) is 0 Å². The zero-order valence-corrected chi connectivity index (χ0v) is 20.0. The third-order valence-corrected chi connectivity index (χ3v) is 7.56. The Morgan fingerprint density at radius 3 is 2.72 bits per heavy atom. The molecule has 0 unspecified atom stereocenters. The minimum absolute atomic E-state index is 0.0572. The van der Waals surface area contributed by atoms with Gasteiger partial charge in [0.1, 0.15) is 9.53 Å². The number of nitrogens with zero attached hydrogens (tertiary/aromatic N) is 3. The summed E-state index contributed by atoms with van der Waals surface area (Å²) in [5.41, 5.74) is 1.74. The first-order chi connectivity index (χ1) is 15.5. The highest BCUT2D eigenvalue weighted by Crippen LogP contribution is 2.31. The molecule has 0 aliphatic rings. The molecule has 166 valence electrons. The molecular weight excluding hydrogens is 440 g/mol. The van der Waals surface area contributed by atoms with Gasteiger partial charge in [-0.05, 0) is 37.0 Å². The standard InChI is InChI=1S/C24H26N4O2S2/c1-4-16(3)26-19(29)14-31-24-27-20-18-11-8-12-25-22(18)32-21(20)23(30)28(24)13-15(2)17-9-6-5-7-10-17/h5-12,15-16H,4,13-14H2,1-3H3,(H,26,29)/t15-,16+/m1/s1. The van der Waals surface area contributed by atoms with Gasteiger partial charge in [-0.15, -0.1) is 11.3 Å². The fraction of sp³-hybridized carbons (Fsp3) is 0.333. The maximum Gasteiger partial charge on any atom is 0.272 e. The van der Waals surface area contributed by atoms with Crippen LogP contribution < -0.4 is 10.9 Å². The minimum Gasteiger partial charge on any atom is -0.353 e. The lowest BCUT2D eigenvalue weighted by Gasteiger charge is -2.17. The smallest absolute Gasteiger partial charge is 0.272 e. The summed E-state index contributed by atoms with van der Waals surface area (Å²) >= 11 is 2.68. The molecule has 1 N–H and O–H groups in total. The second-order valence-corrected chi connectivity index (χ2v) is 9.86. The second kappa shape index (κ2) is 9.83. The van der Waals surface area contributed by atoms with E-state index < -0.39 is 0 Å². The highest BCUT2D eigenvalue weighted by molar-refractivity contribution is 7.99. The Bertz CT molecular complexity index is 1300. The largest absolute Gasteiger partial charge is 0.353 e. The van der Waals surface area contributed by atoms with Crippen LogP contribution in [-0.2, 0) is 11.3 Å². The predicted molar refractivity (Wildman–Crippen MR) is 133 cm³/mol. The van der Waals surface area contributed by atoms with Crippen LogP contribution in [0.2, 0.25) is 0 Å². The Morgan fingerprint density at radius 1 is 1.19 bits per heavy atom. The van der Waals surface area contributed by atoms with Gasteiger partial charge in [-0.25, -0.2) is 9.97 Å². The van der Waals surface area contributed by atoms with Gasteiger partial charge in [0.15, 0.2) is 5.16 Å². The van der Waals surface area contributed by atoms with Crippen LogP contribution in [0.1, 0.15) is 38.7 Å². The molecule has 1 aromatic carbocycles. The van der Waals surface area contributed by atoms with E-state index in [4.69, 9.17) is 4.98 Å². The topological polar surface area (TPSA) is 76.9 Å². The van der Waals surface area contributed by atoms with E-state index in [0.717, 1.165) is 22.2 Å². The number of fused-ring (bicyclic) bond motifs is 3. The Kier molecular flexibility index (Phi) is 6.91. The van der Waals surface area contributed by atoms with Crippen molar-refractivity contribution in [2.24, 2.45) is 0 Å². The molecule has 0 saturated carbocycles. The van der Waals surface area contributed by atoms with E-state index in [9.17, 15) is 9.59 Å². The van der Waals surface area contributed by atoms with Crippen molar-refractivity contribution in [3.8, 4) is 0 Å². The predicted octanol–water partition coefficient (Wildman–Crippen LogP) is 4.82. The minimum atomic E-state index is -0.0781. The molecule has 4 aromatic rings. The van der Waals surface area contributed by atoms with Gasteiger partial charge < -0.3 is 5.32 Å². The van der Waals surface area contributed by atoms with Gasteiger partial charge in [0.2, 0.25) is 5.91 Å². The Labute approximate surface area is 195 Å². The molecule has 32 heavy (non-hydrogen) atoms. The number of hydrogen-bond acceptors (Lipinski definition) is 6. The van der Waals surface area contributed by atoms with Gasteiger partial charge in [0.05, 0.1) is 11.3 Å². The average Bonchev–Trinajstić information content (AvgIpc) is 3.19. The molecule has 0 saturated heterocycles. The summed E-state index contributed by atoms with van der Waals surface area (Å²) in [7, 11) is 0. The molecule has 4 rings (SSSR count). The third kappa shape index (κ3) is 4.71. The highest BCUT2D eigenvalue weighted by atomic mass is 32.2. The normalized spacial score (nSPS) is 13.3. The van der Waals surface area contributed by atoms with Crippen molar-refractivity contribution in [3.63, 3.8) is 0 Å². The molecule has 2 atom stereocenters. The van der Waals surface area contributed by atoms with E-state index in [2.05, 4.69) is 29.4 Å². The van der Waals surface area contributed by atoms with E-state index in [-0.39, 0.29) is 29.2 Å². The van der Waals surface area contributed by atoms with Crippen molar-refractivity contribution in [2.75, 3.05) is 5.75 Å². The number of thiophene rings is 1. The summed E-state index contributed by atoms with van der Waals surface area (Å²) in [5.74, 6) is 0.273. The number of pyridine rings is 1. The average molecular weight is 467 g/mol. The maximum absolute atomic E-state index is 13.5. The van der Waals surface area contributed by atoms with Crippen molar-refractivity contribution in [3.05, 3.63) is 64.6 Å². The molecule has 0 spiro atoms. The van der Waals surface area contributed by atoms with Crippen LogP contribution in [0.4, 0.5) is 0 Å². The first kappa shape index (κ1) is 22.5. The zero-order valence-electron chi connectivity index (χ0n) is 18.4. The second-order valence-electron chi connectivity index (χ2n) is 7.92. The van der Waals surface area contributed by atoms with E-state index >= 15 is 0 Å². The maximum atomic E-state index is 13.5. The van der Waals surface area contributed by atoms with Gasteiger partial charge in [0.25, 0.3) is 5.56 Å². The molecular formula is C24H26N4O2S2. The first-order valence-electron chi connectivity index (χ1n) is 10.7. The van der Waals surface area contributed by atoms with Crippen molar-refractivity contribution >= 4 is 49.4 Å². The number of nitrogens with one attached hydrogen (secondary N) is 1. The van der Waals surface area contributed by atoms with E-state index in [1.165, 1.54) is 23.1 Å². The number of carbonyl (C=O) groups excluding carboxylic acids is 1. The van der Waals surface area contributed by atoms with Crippen LogP contribution in [0.15, 0.2) is 58.6 Å². The third-order valence-electron chi connectivity index (χ3n) is 5.50. The van der Waals surface area contributed by atoms with Gasteiger partial charge in [-0.3, -0.25) is 14.2 Å². The van der Waals surface area contributed by atoms with E-state index in [0.29, 0.717) is 21.9 Å². The zero-order chi connectivity index (χ0) is 22.7. The van der Waals surface area contributed by atoms with E-state index in [1.807, 2.05) is 44.2 Å². The molecule has 0 radical (unpaired) electrons. The van der Waals surface area contributed by atoms with Gasteiger partial charge in [-0.2, -0.15) is 0 Å². The summed E-state index contributed by atoms with van der Waals surface area (Å²) < 4.78 is 2.32. The van der Waals surface area contributed by atoms with Crippen LogP contribution in [0.25, 0.3) is 20.4 Å². The summed E-state index contributed by atoms with van der Waals surface area (Å²) in [5, 5.41) is 4.42. The summed E-state index contributed by atoms with van der Waals surface area (Å²) in [4.78, 5) is 36.0. The number of thioether (sulfide) groups is 1. The number of hydrogen-bond donors (Lipinski definition) is 1. The van der Waals surface area contributed by atoms with E-state index in [1.54, 1.807) is 10.8 Å². The van der Waals surface area contributed by atoms with Crippen LogP contribution >= 0.6 is 23.1 Å². The number of aromatic nitrogens is 3. The number of benzene rings is 1. The number of carbonyl (C=O) groups is 1. The number of rotatable bonds is 8. The molecule has 8 heteroatoms. The fourth-order valence-corrected chi connectivity index (χ4v) is 5.37. The molecule has 1 amide bonds. The molecule has 0 bridgehead atoms.